The number of methoxy groups -OCH3 is 1. The third kappa shape index (κ3) is 10.4. The van der Waals surface area contributed by atoms with Crippen molar-refractivity contribution in [1.29, 1.82) is 0 Å². The van der Waals surface area contributed by atoms with Crippen molar-refractivity contribution in [2.45, 2.75) is 52.0 Å². The average Bonchev–Trinajstić information content (AvgIpc) is 2.31. The van der Waals surface area contributed by atoms with Gasteiger partial charge in [-0.15, -0.1) is 0 Å². The predicted molar refractivity (Wildman–Crippen MR) is 68.9 cm³/mol. The molecule has 0 aromatic rings. The van der Waals surface area contributed by atoms with Crippen molar-refractivity contribution >= 4 is 0 Å². The van der Waals surface area contributed by atoms with Crippen LogP contribution in [0.5, 0.6) is 0 Å². The number of rotatable bonds is 12. The second kappa shape index (κ2) is 12.9. The molecule has 0 amide bonds. The van der Waals surface area contributed by atoms with E-state index in [2.05, 4.69) is 19.2 Å². The molecule has 0 spiro atoms. The first-order valence-corrected chi connectivity index (χ1v) is 6.65. The molecule has 3 nitrogen and oxygen atoms in total. The van der Waals surface area contributed by atoms with E-state index in [1.165, 1.54) is 25.7 Å². The van der Waals surface area contributed by atoms with Crippen molar-refractivity contribution in [2.24, 2.45) is 0 Å². The molecule has 0 aliphatic carbocycles. The molecule has 0 radical (unpaired) electrons. The zero-order chi connectivity index (χ0) is 12.1. The Labute approximate surface area is 101 Å². The summed E-state index contributed by atoms with van der Waals surface area (Å²) >= 11 is 0. The molecule has 0 aliphatic rings. The minimum absolute atomic E-state index is 0.627. The van der Waals surface area contributed by atoms with Crippen LogP contribution in [0.25, 0.3) is 0 Å². The van der Waals surface area contributed by atoms with Gasteiger partial charge in [-0.2, -0.15) is 0 Å². The number of hydrogen-bond donors (Lipinski definition) is 1. The summed E-state index contributed by atoms with van der Waals surface area (Å²) in [6.07, 6.45) is 6.16. The molecular weight excluding hydrogens is 202 g/mol. The molecule has 1 unspecified atom stereocenters. The molecule has 0 rings (SSSR count). The zero-order valence-corrected chi connectivity index (χ0v) is 11.3. The lowest BCUT2D eigenvalue weighted by molar-refractivity contribution is 0.0653. The van der Waals surface area contributed by atoms with Gasteiger partial charge in [-0.05, 0) is 25.8 Å². The average molecular weight is 231 g/mol. The molecule has 0 bridgehead atoms. The maximum Gasteiger partial charge on any atom is 0.0700 e. The van der Waals surface area contributed by atoms with Gasteiger partial charge >= 0.3 is 0 Å². The Morgan fingerprint density at radius 2 is 1.81 bits per heavy atom. The highest BCUT2D eigenvalue weighted by Crippen LogP contribution is 2.05. The number of unbranched alkanes of at least 4 members (excludes halogenated alkanes) is 1. The molecule has 1 N–H and O–H groups in total. The summed E-state index contributed by atoms with van der Waals surface area (Å²) in [6, 6.07) is 0.627. The van der Waals surface area contributed by atoms with E-state index < -0.39 is 0 Å². The van der Waals surface area contributed by atoms with E-state index in [4.69, 9.17) is 9.47 Å². The summed E-state index contributed by atoms with van der Waals surface area (Å²) < 4.78 is 10.4. The van der Waals surface area contributed by atoms with Crippen LogP contribution in [0.15, 0.2) is 0 Å². The van der Waals surface area contributed by atoms with Crippen LogP contribution in [0.4, 0.5) is 0 Å². The highest BCUT2D eigenvalue weighted by atomic mass is 16.5. The summed E-state index contributed by atoms with van der Waals surface area (Å²) in [4.78, 5) is 0. The maximum absolute atomic E-state index is 5.50. The van der Waals surface area contributed by atoms with E-state index in [1.54, 1.807) is 7.11 Å². The summed E-state index contributed by atoms with van der Waals surface area (Å²) in [5.41, 5.74) is 0. The van der Waals surface area contributed by atoms with Gasteiger partial charge < -0.3 is 14.8 Å². The van der Waals surface area contributed by atoms with Gasteiger partial charge in [0.2, 0.25) is 0 Å². The number of ether oxygens (including phenoxy) is 2. The van der Waals surface area contributed by atoms with Crippen LogP contribution >= 0.6 is 0 Å². The summed E-state index contributed by atoms with van der Waals surface area (Å²) in [7, 11) is 1.70. The Bertz CT molecular complexity index is 123. The largest absolute Gasteiger partial charge is 0.382 e. The molecule has 0 aromatic carbocycles. The van der Waals surface area contributed by atoms with Crippen molar-refractivity contribution in [2.75, 3.05) is 33.5 Å². The van der Waals surface area contributed by atoms with Gasteiger partial charge in [0.05, 0.1) is 13.2 Å². The normalized spacial score (nSPS) is 12.9. The van der Waals surface area contributed by atoms with Crippen molar-refractivity contribution in [1.82, 2.24) is 5.32 Å². The van der Waals surface area contributed by atoms with Crippen molar-refractivity contribution in [3.05, 3.63) is 0 Å². The molecule has 0 aliphatic heterocycles. The highest BCUT2D eigenvalue weighted by Gasteiger charge is 2.06. The van der Waals surface area contributed by atoms with E-state index in [0.717, 1.165) is 19.6 Å². The standard InChI is InChI=1S/C13H29NO2/c1-4-6-7-13(14-9-5-2)8-10-16-12-11-15-3/h13-14H,4-12H2,1-3H3. The molecule has 0 heterocycles. The number of hydrogen-bond acceptors (Lipinski definition) is 3. The lowest BCUT2D eigenvalue weighted by Crippen LogP contribution is -2.31. The van der Waals surface area contributed by atoms with Gasteiger partial charge in [-0.25, -0.2) is 0 Å². The Morgan fingerprint density at radius 3 is 2.44 bits per heavy atom. The van der Waals surface area contributed by atoms with Gasteiger partial charge in [0.25, 0.3) is 0 Å². The minimum atomic E-state index is 0.627. The van der Waals surface area contributed by atoms with Crippen molar-refractivity contribution < 1.29 is 9.47 Å². The van der Waals surface area contributed by atoms with Crippen LogP contribution in [0.1, 0.15) is 46.0 Å². The van der Waals surface area contributed by atoms with E-state index in [-0.39, 0.29) is 0 Å². The van der Waals surface area contributed by atoms with E-state index in [1.807, 2.05) is 0 Å². The quantitative estimate of drug-likeness (QED) is 0.524. The summed E-state index contributed by atoms with van der Waals surface area (Å²) in [5, 5.41) is 3.58. The fraction of sp³-hybridized carbons (Fsp3) is 1.00. The minimum Gasteiger partial charge on any atom is -0.382 e. The zero-order valence-electron chi connectivity index (χ0n) is 11.3. The second-order valence-electron chi connectivity index (χ2n) is 4.19. The Balaban J connectivity index is 3.48. The monoisotopic (exact) mass is 231 g/mol. The predicted octanol–water partition coefficient (Wildman–Crippen LogP) is 2.60. The maximum atomic E-state index is 5.50. The topological polar surface area (TPSA) is 30.5 Å². The first-order chi connectivity index (χ1) is 7.85. The van der Waals surface area contributed by atoms with Gasteiger partial charge in [0.15, 0.2) is 0 Å². The van der Waals surface area contributed by atoms with Gasteiger partial charge in [-0.1, -0.05) is 26.7 Å². The van der Waals surface area contributed by atoms with Crippen LogP contribution < -0.4 is 5.32 Å². The molecule has 1 atom stereocenters. The first kappa shape index (κ1) is 15.9. The van der Waals surface area contributed by atoms with E-state index in [9.17, 15) is 0 Å². The molecule has 16 heavy (non-hydrogen) atoms. The lowest BCUT2D eigenvalue weighted by atomic mass is 10.1. The van der Waals surface area contributed by atoms with Gasteiger partial charge in [0, 0.05) is 19.8 Å². The second-order valence-corrected chi connectivity index (χ2v) is 4.19. The SMILES string of the molecule is CCCCC(CCOCCOC)NCCC. The van der Waals surface area contributed by atoms with Crippen LogP contribution in [-0.4, -0.2) is 39.5 Å². The van der Waals surface area contributed by atoms with Gasteiger partial charge in [0.1, 0.15) is 0 Å². The van der Waals surface area contributed by atoms with Crippen LogP contribution in [0, 0.1) is 0 Å². The fourth-order valence-corrected chi connectivity index (χ4v) is 1.62. The Kier molecular flexibility index (Phi) is 12.9. The third-order valence-corrected chi connectivity index (χ3v) is 2.63. The van der Waals surface area contributed by atoms with Crippen LogP contribution in [0.3, 0.4) is 0 Å². The summed E-state index contributed by atoms with van der Waals surface area (Å²) in [5.74, 6) is 0. The molecule has 0 fully saturated rings. The molecule has 0 saturated heterocycles. The Hall–Kier alpha value is -0.120. The first-order valence-electron chi connectivity index (χ1n) is 6.65. The lowest BCUT2D eigenvalue weighted by Gasteiger charge is -2.18. The Morgan fingerprint density at radius 1 is 1.00 bits per heavy atom. The fourth-order valence-electron chi connectivity index (χ4n) is 1.62. The highest BCUT2D eigenvalue weighted by molar-refractivity contribution is 4.66. The molecular formula is C13H29NO2. The van der Waals surface area contributed by atoms with Crippen LogP contribution in [-0.2, 0) is 9.47 Å². The van der Waals surface area contributed by atoms with E-state index in [0.29, 0.717) is 19.3 Å². The van der Waals surface area contributed by atoms with Crippen molar-refractivity contribution in [3.63, 3.8) is 0 Å². The van der Waals surface area contributed by atoms with E-state index >= 15 is 0 Å². The third-order valence-electron chi connectivity index (χ3n) is 2.63. The van der Waals surface area contributed by atoms with Crippen molar-refractivity contribution in [3.8, 4) is 0 Å². The molecule has 98 valence electrons. The smallest absolute Gasteiger partial charge is 0.0700 e. The van der Waals surface area contributed by atoms with Gasteiger partial charge in [-0.3, -0.25) is 0 Å². The number of nitrogens with one attached hydrogen (secondary N) is 1. The molecule has 0 aromatic heterocycles. The molecule has 0 saturated carbocycles. The molecule has 3 heteroatoms. The van der Waals surface area contributed by atoms with Crippen LogP contribution in [0.2, 0.25) is 0 Å². The summed E-state index contributed by atoms with van der Waals surface area (Å²) in [6.45, 7) is 7.82.